The molecule has 0 bridgehead atoms. The van der Waals surface area contributed by atoms with Crippen LogP contribution in [0.2, 0.25) is 0 Å². The van der Waals surface area contributed by atoms with E-state index >= 15 is 0 Å². The molecule has 0 heterocycles. The Labute approximate surface area is 116 Å². The fourth-order valence-electron chi connectivity index (χ4n) is 2.63. The van der Waals surface area contributed by atoms with E-state index in [2.05, 4.69) is 10.6 Å². The molecule has 112 valence electrons. The molecular formula is C14H28N2O3. The van der Waals surface area contributed by atoms with E-state index in [1.54, 1.807) is 7.11 Å². The van der Waals surface area contributed by atoms with Gasteiger partial charge < -0.3 is 20.5 Å². The summed E-state index contributed by atoms with van der Waals surface area (Å²) >= 11 is 0. The highest BCUT2D eigenvalue weighted by atomic mass is 16.5. The maximum atomic E-state index is 11.5. The third-order valence-corrected chi connectivity index (χ3v) is 3.91. The minimum absolute atomic E-state index is 0.0464. The molecule has 0 saturated heterocycles. The Kier molecular flexibility index (Phi) is 8.02. The SMILES string of the molecule is COCCNC(=O)CCNCC1(CO)CCCCC1. The van der Waals surface area contributed by atoms with E-state index in [0.29, 0.717) is 26.1 Å². The monoisotopic (exact) mass is 272 g/mol. The van der Waals surface area contributed by atoms with Crippen LogP contribution in [-0.2, 0) is 9.53 Å². The Balaban J connectivity index is 2.10. The van der Waals surface area contributed by atoms with Gasteiger partial charge in [-0.1, -0.05) is 19.3 Å². The third-order valence-electron chi connectivity index (χ3n) is 3.91. The van der Waals surface area contributed by atoms with E-state index in [9.17, 15) is 9.90 Å². The lowest BCUT2D eigenvalue weighted by Gasteiger charge is -2.35. The Morgan fingerprint density at radius 2 is 2.00 bits per heavy atom. The first kappa shape index (κ1) is 16.4. The van der Waals surface area contributed by atoms with Crippen LogP contribution in [0.25, 0.3) is 0 Å². The molecule has 0 unspecified atom stereocenters. The van der Waals surface area contributed by atoms with Crippen LogP contribution in [0.3, 0.4) is 0 Å². The van der Waals surface area contributed by atoms with Crippen molar-refractivity contribution in [3.05, 3.63) is 0 Å². The molecule has 0 aromatic carbocycles. The Hall–Kier alpha value is -0.650. The van der Waals surface area contributed by atoms with E-state index in [0.717, 1.165) is 19.4 Å². The molecule has 1 rings (SSSR count). The van der Waals surface area contributed by atoms with Crippen molar-refractivity contribution in [3.63, 3.8) is 0 Å². The molecule has 0 spiro atoms. The van der Waals surface area contributed by atoms with Crippen molar-refractivity contribution in [2.24, 2.45) is 5.41 Å². The number of aliphatic hydroxyl groups is 1. The van der Waals surface area contributed by atoms with E-state index < -0.39 is 0 Å². The van der Waals surface area contributed by atoms with Crippen LogP contribution in [0.4, 0.5) is 0 Å². The number of hydrogen-bond donors (Lipinski definition) is 3. The molecule has 0 atom stereocenters. The summed E-state index contributed by atoms with van der Waals surface area (Å²) in [5.74, 6) is 0.0474. The van der Waals surface area contributed by atoms with Gasteiger partial charge in [0.05, 0.1) is 6.61 Å². The van der Waals surface area contributed by atoms with Crippen molar-refractivity contribution < 1.29 is 14.6 Å². The van der Waals surface area contributed by atoms with Crippen LogP contribution in [0.15, 0.2) is 0 Å². The van der Waals surface area contributed by atoms with Gasteiger partial charge in [-0.15, -0.1) is 0 Å². The summed E-state index contributed by atoms with van der Waals surface area (Å²) in [6, 6.07) is 0. The fraction of sp³-hybridized carbons (Fsp3) is 0.929. The van der Waals surface area contributed by atoms with E-state index in [1.807, 2.05) is 0 Å². The summed E-state index contributed by atoms with van der Waals surface area (Å²) in [5.41, 5.74) is 0.0464. The lowest BCUT2D eigenvalue weighted by atomic mass is 9.74. The van der Waals surface area contributed by atoms with Crippen LogP contribution in [-0.4, -0.2) is 51.0 Å². The molecule has 0 aromatic heterocycles. The lowest BCUT2D eigenvalue weighted by molar-refractivity contribution is -0.121. The quantitative estimate of drug-likeness (QED) is 0.540. The van der Waals surface area contributed by atoms with Crippen LogP contribution in [0.1, 0.15) is 38.5 Å². The van der Waals surface area contributed by atoms with Crippen LogP contribution < -0.4 is 10.6 Å². The summed E-state index contributed by atoms with van der Waals surface area (Å²) in [6.07, 6.45) is 6.36. The molecule has 3 N–H and O–H groups in total. The molecule has 19 heavy (non-hydrogen) atoms. The summed E-state index contributed by atoms with van der Waals surface area (Å²) in [4.78, 5) is 11.5. The highest BCUT2D eigenvalue weighted by Crippen LogP contribution is 2.35. The minimum atomic E-state index is 0.0464. The first-order valence-electron chi connectivity index (χ1n) is 7.30. The first-order valence-corrected chi connectivity index (χ1v) is 7.30. The highest BCUT2D eigenvalue weighted by Gasteiger charge is 2.30. The van der Waals surface area contributed by atoms with Crippen molar-refractivity contribution in [3.8, 4) is 0 Å². The molecule has 1 amide bonds. The highest BCUT2D eigenvalue weighted by molar-refractivity contribution is 5.75. The van der Waals surface area contributed by atoms with E-state index in [1.165, 1.54) is 19.3 Å². The number of ether oxygens (including phenoxy) is 1. The minimum Gasteiger partial charge on any atom is -0.396 e. The summed E-state index contributed by atoms with van der Waals surface area (Å²) < 4.78 is 4.87. The maximum absolute atomic E-state index is 11.5. The van der Waals surface area contributed by atoms with Gasteiger partial charge in [-0.2, -0.15) is 0 Å². The molecule has 1 fully saturated rings. The molecule has 0 radical (unpaired) electrons. The number of methoxy groups -OCH3 is 1. The van der Waals surface area contributed by atoms with E-state index in [4.69, 9.17) is 4.74 Å². The number of carbonyl (C=O) groups is 1. The van der Waals surface area contributed by atoms with E-state index in [-0.39, 0.29) is 17.9 Å². The van der Waals surface area contributed by atoms with Crippen molar-refractivity contribution in [2.75, 3.05) is 40.0 Å². The smallest absolute Gasteiger partial charge is 0.221 e. The molecule has 0 aliphatic heterocycles. The number of hydrogen-bond acceptors (Lipinski definition) is 4. The first-order chi connectivity index (χ1) is 9.22. The van der Waals surface area contributed by atoms with Gasteiger partial charge in [0.15, 0.2) is 0 Å². The average Bonchev–Trinajstić information content (AvgIpc) is 2.45. The third kappa shape index (κ3) is 6.36. The van der Waals surface area contributed by atoms with Gasteiger partial charge in [-0.25, -0.2) is 0 Å². The van der Waals surface area contributed by atoms with Gasteiger partial charge in [-0.05, 0) is 12.8 Å². The van der Waals surface area contributed by atoms with Crippen molar-refractivity contribution in [1.29, 1.82) is 0 Å². The number of amides is 1. The largest absolute Gasteiger partial charge is 0.396 e. The van der Waals surface area contributed by atoms with Crippen molar-refractivity contribution in [1.82, 2.24) is 10.6 Å². The van der Waals surface area contributed by atoms with Gasteiger partial charge in [0.1, 0.15) is 0 Å². The topological polar surface area (TPSA) is 70.6 Å². The molecule has 0 aromatic rings. The maximum Gasteiger partial charge on any atom is 0.221 e. The zero-order chi connectivity index (χ0) is 14.0. The zero-order valence-electron chi connectivity index (χ0n) is 12.0. The predicted octanol–water partition coefficient (Wildman–Crippen LogP) is 0.672. The number of aliphatic hydroxyl groups excluding tert-OH is 1. The summed E-state index contributed by atoms with van der Waals surface area (Å²) in [6.45, 7) is 2.85. The fourth-order valence-corrected chi connectivity index (χ4v) is 2.63. The second kappa shape index (κ2) is 9.28. The Morgan fingerprint density at radius 1 is 1.26 bits per heavy atom. The Morgan fingerprint density at radius 3 is 2.63 bits per heavy atom. The second-order valence-electron chi connectivity index (χ2n) is 5.49. The Bertz CT molecular complexity index is 253. The van der Waals surface area contributed by atoms with Gasteiger partial charge in [0, 0.05) is 45.2 Å². The normalized spacial score (nSPS) is 18.2. The van der Waals surface area contributed by atoms with Gasteiger partial charge in [0.25, 0.3) is 0 Å². The van der Waals surface area contributed by atoms with Crippen LogP contribution in [0.5, 0.6) is 0 Å². The standard InChI is InChI=1S/C14H28N2O3/c1-19-10-9-16-13(18)5-8-15-11-14(12-17)6-3-2-4-7-14/h15,17H,2-12H2,1H3,(H,16,18). The molecule has 5 nitrogen and oxygen atoms in total. The van der Waals surface area contributed by atoms with Gasteiger partial charge in [-0.3, -0.25) is 4.79 Å². The van der Waals surface area contributed by atoms with Crippen LogP contribution in [0, 0.1) is 5.41 Å². The van der Waals surface area contributed by atoms with Crippen molar-refractivity contribution in [2.45, 2.75) is 38.5 Å². The zero-order valence-corrected chi connectivity index (χ0v) is 12.0. The molecule has 1 aliphatic carbocycles. The second-order valence-corrected chi connectivity index (χ2v) is 5.49. The van der Waals surface area contributed by atoms with Crippen molar-refractivity contribution >= 4 is 5.91 Å². The van der Waals surface area contributed by atoms with Gasteiger partial charge in [0.2, 0.25) is 5.91 Å². The predicted molar refractivity (Wildman–Crippen MR) is 75.0 cm³/mol. The summed E-state index contributed by atoms with van der Waals surface area (Å²) in [5, 5.41) is 15.7. The number of rotatable bonds is 9. The lowest BCUT2D eigenvalue weighted by Crippen LogP contribution is -2.40. The average molecular weight is 272 g/mol. The van der Waals surface area contributed by atoms with Gasteiger partial charge >= 0.3 is 0 Å². The molecular weight excluding hydrogens is 244 g/mol. The molecule has 1 saturated carbocycles. The summed E-state index contributed by atoms with van der Waals surface area (Å²) in [7, 11) is 1.62. The number of carbonyl (C=O) groups excluding carboxylic acids is 1. The molecule has 1 aliphatic rings. The molecule has 5 heteroatoms. The number of nitrogens with one attached hydrogen (secondary N) is 2. The van der Waals surface area contributed by atoms with Crippen LogP contribution >= 0.6 is 0 Å².